The van der Waals surface area contributed by atoms with Crippen molar-refractivity contribution in [3.63, 3.8) is 0 Å². The third-order valence-electron chi connectivity index (χ3n) is 4.11. The Bertz CT molecular complexity index is 731. The van der Waals surface area contributed by atoms with Gasteiger partial charge in [0.1, 0.15) is 6.04 Å². The molecular formula is C19H24N2O6. The normalized spacial score (nSPS) is 16.8. The van der Waals surface area contributed by atoms with Crippen LogP contribution in [0, 0.1) is 0 Å². The van der Waals surface area contributed by atoms with E-state index < -0.39 is 12.0 Å². The minimum absolute atomic E-state index is 0.182. The van der Waals surface area contributed by atoms with E-state index >= 15 is 0 Å². The summed E-state index contributed by atoms with van der Waals surface area (Å²) in [5, 5.41) is 2.66. The standard InChI is InChI=1S/C19H24N2O6/c1-4-27-15-7-5-13(11-16(15)25-2)6-8-17(22)21-10-9-20-19(24)14(21)12-18(23)26-3/h5-8,11,14H,4,9-10,12H2,1-3H3,(H,20,24)/b8-6+. The van der Waals surface area contributed by atoms with E-state index in [1.54, 1.807) is 31.4 Å². The lowest BCUT2D eigenvalue weighted by Gasteiger charge is -2.33. The molecule has 8 heteroatoms. The lowest BCUT2D eigenvalue weighted by atomic mass is 10.1. The van der Waals surface area contributed by atoms with E-state index in [2.05, 4.69) is 10.1 Å². The van der Waals surface area contributed by atoms with Crippen LogP contribution in [0.5, 0.6) is 11.5 Å². The number of nitrogens with one attached hydrogen (secondary N) is 1. The molecule has 1 aliphatic heterocycles. The number of rotatable bonds is 7. The number of hydrogen-bond acceptors (Lipinski definition) is 6. The minimum atomic E-state index is -0.877. The first-order valence-electron chi connectivity index (χ1n) is 8.64. The molecule has 146 valence electrons. The molecule has 1 aromatic rings. The number of ether oxygens (including phenoxy) is 3. The maximum Gasteiger partial charge on any atom is 0.308 e. The molecule has 2 rings (SSSR count). The summed E-state index contributed by atoms with van der Waals surface area (Å²) in [5.41, 5.74) is 0.745. The van der Waals surface area contributed by atoms with Gasteiger partial charge in [0.05, 0.1) is 27.2 Å². The molecule has 0 saturated carbocycles. The van der Waals surface area contributed by atoms with Crippen LogP contribution in [0.25, 0.3) is 6.08 Å². The zero-order valence-electron chi connectivity index (χ0n) is 15.7. The lowest BCUT2D eigenvalue weighted by molar-refractivity contribution is -0.148. The molecule has 1 heterocycles. The van der Waals surface area contributed by atoms with Gasteiger partial charge in [-0.05, 0) is 30.7 Å². The maximum absolute atomic E-state index is 12.6. The maximum atomic E-state index is 12.6. The Morgan fingerprint density at radius 2 is 2.07 bits per heavy atom. The quantitative estimate of drug-likeness (QED) is 0.564. The van der Waals surface area contributed by atoms with Crippen molar-refractivity contribution in [2.45, 2.75) is 19.4 Å². The number of amides is 2. The molecule has 1 saturated heterocycles. The van der Waals surface area contributed by atoms with Crippen LogP contribution in [0.2, 0.25) is 0 Å². The van der Waals surface area contributed by atoms with Crippen LogP contribution < -0.4 is 14.8 Å². The number of carbonyl (C=O) groups excluding carboxylic acids is 3. The second-order valence-electron chi connectivity index (χ2n) is 5.80. The summed E-state index contributed by atoms with van der Waals surface area (Å²) in [7, 11) is 2.79. The van der Waals surface area contributed by atoms with Crippen LogP contribution in [-0.4, -0.2) is 62.6 Å². The van der Waals surface area contributed by atoms with Crippen molar-refractivity contribution < 1.29 is 28.6 Å². The fraction of sp³-hybridized carbons (Fsp3) is 0.421. The van der Waals surface area contributed by atoms with Crippen molar-refractivity contribution >= 4 is 23.9 Å². The number of piperazine rings is 1. The highest BCUT2D eigenvalue weighted by Crippen LogP contribution is 2.28. The second kappa shape index (κ2) is 9.61. The van der Waals surface area contributed by atoms with E-state index in [1.807, 2.05) is 6.92 Å². The van der Waals surface area contributed by atoms with E-state index in [0.29, 0.717) is 31.2 Å². The Morgan fingerprint density at radius 3 is 2.74 bits per heavy atom. The van der Waals surface area contributed by atoms with Gasteiger partial charge in [0.15, 0.2) is 11.5 Å². The molecule has 1 aromatic carbocycles. The summed E-state index contributed by atoms with van der Waals surface area (Å²) >= 11 is 0. The fourth-order valence-electron chi connectivity index (χ4n) is 2.75. The van der Waals surface area contributed by atoms with Gasteiger partial charge in [-0.25, -0.2) is 0 Å². The third kappa shape index (κ3) is 5.22. The number of methoxy groups -OCH3 is 2. The molecule has 27 heavy (non-hydrogen) atoms. The fourth-order valence-corrected chi connectivity index (χ4v) is 2.75. The first-order valence-corrected chi connectivity index (χ1v) is 8.64. The van der Waals surface area contributed by atoms with Crippen LogP contribution in [0.4, 0.5) is 0 Å². The van der Waals surface area contributed by atoms with Crippen LogP contribution in [-0.2, 0) is 19.1 Å². The lowest BCUT2D eigenvalue weighted by Crippen LogP contribution is -2.57. The number of hydrogen-bond donors (Lipinski definition) is 1. The first-order chi connectivity index (χ1) is 13.0. The Hall–Kier alpha value is -3.03. The highest BCUT2D eigenvalue weighted by atomic mass is 16.5. The molecule has 1 atom stereocenters. The zero-order valence-corrected chi connectivity index (χ0v) is 15.7. The van der Waals surface area contributed by atoms with Gasteiger partial charge in [0.25, 0.3) is 0 Å². The summed E-state index contributed by atoms with van der Waals surface area (Å²) in [6.07, 6.45) is 2.82. The number of nitrogens with zero attached hydrogens (tertiary/aromatic N) is 1. The van der Waals surface area contributed by atoms with Crippen molar-refractivity contribution in [3.05, 3.63) is 29.8 Å². The monoisotopic (exact) mass is 376 g/mol. The second-order valence-corrected chi connectivity index (χ2v) is 5.80. The largest absolute Gasteiger partial charge is 0.493 e. The molecule has 0 aliphatic carbocycles. The summed E-state index contributed by atoms with van der Waals surface area (Å²) in [6, 6.07) is 4.44. The molecular weight excluding hydrogens is 352 g/mol. The molecule has 1 N–H and O–H groups in total. The van der Waals surface area contributed by atoms with Crippen molar-refractivity contribution in [1.29, 1.82) is 0 Å². The van der Waals surface area contributed by atoms with Gasteiger partial charge in [0.2, 0.25) is 11.8 Å². The minimum Gasteiger partial charge on any atom is -0.493 e. The van der Waals surface area contributed by atoms with Gasteiger partial charge >= 0.3 is 5.97 Å². The summed E-state index contributed by atoms with van der Waals surface area (Å²) in [4.78, 5) is 37.5. The first kappa shape index (κ1) is 20.3. The van der Waals surface area contributed by atoms with Crippen LogP contribution in [0.3, 0.4) is 0 Å². The SMILES string of the molecule is CCOc1ccc(/C=C/C(=O)N2CCNC(=O)C2CC(=O)OC)cc1OC. The van der Waals surface area contributed by atoms with Crippen molar-refractivity contribution in [3.8, 4) is 11.5 Å². The van der Waals surface area contributed by atoms with E-state index in [0.717, 1.165) is 5.56 Å². The number of benzene rings is 1. The Morgan fingerprint density at radius 1 is 1.30 bits per heavy atom. The van der Waals surface area contributed by atoms with Gasteiger partial charge in [0, 0.05) is 19.2 Å². The third-order valence-corrected chi connectivity index (χ3v) is 4.11. The summed E-state index contributed by atoms with van der Waals surface area (Å²) in [5.74, 6) is -0.0838. The van der Waals surface area contributed by atoms with Crippen LogP contribution in [0.15, 0.2) is 24.3 Å². The Labute approximate surface area is 158 Å². The molecule has 0 bridgehead atoms. The van der Waals surface area contributed by atoms with Gasteiger partial charge in [-0.1, -0.05) is 6.07 Å². The van der Waals surface area contributed by atoms with E-state index in [4.69, 9.17) is 9.47 Å². The average Bonchev–Trinajstić information content (AvgIpc) is 2.68. The molecule has 8 nitrogen and oxygen atoms in total. The number of carbonyl (C=O) groups is 3. The smallest absolute Gasteiger partial charge is 0.308 e. The van der Waals surface area contributed by atoms with Crippen LogP contribution in [0.1, 0.15) is 18.9 Å². The highest BCUT2D eigenvalue weighted by Gasteiger charge is 2.34. The molecule has 1 aliphatic rings. The molecule has 0 radical (unpaired) electrons. The van der Waals surface area contributed by atoms with Crippen LogP contribution >= 0.6 is 0 Å². The summed E-state index contributed by atoms with van der Waals surface area (Å²) < 4.78 is 15.4. The van der Waals surface area contributed by atoms with Crippen molar-refractivity contribution in [2.75, 3.05) is 33.9 Å². The number of esters is 1. The van der Waals surface area contributed by atoms with Gasteiger partial charge in [-0.3, -0.25) is 14.4 Å². The molecule has 1 fully saturated rings. The highest BCUT2D eigenvalue weighted by molar-refractivity contribution is 5.97. The van der Waals surface area contributed by atoms with Gasteiger partial charge in [-0.15, -0.1) is 0 Å². The van der Waals surface area contributed by atoms with Gasteiger partial charge in [-0.2, -0.15) is 0 Å². The molecule has 1 unspecified atom stereocenters. The Kier molecular flexibility index (Phi) is 7.22. The average molecular weight is 376 g/mol. The van der Waals surface area contributed by atoms with E-state index in [-0.39, 0.29) is 18.2 Å². The molecule has 2 amide bonds. The Balaban J connectivity index is 2.14. The van der Waals surface area contributed by atoms with E-state index in [1.165, 1.54) is 18.1 Å². The van der Waals surface area contributed by atoms with Crippen molar-refractivity contribution in [2.24, 2.45) is 0 Å². The summed E-state index contributed by atoms with van der Waals surface area (Å²) in [6.45, 7) is 3.06. The zero-order chi connectivity index (χ0) is 19.8. The topological polar surface area (TPSA) is 94.2 Å². The van der Waals surface area contributed by atoms with Crippen molar-refractivity contribution in [1.82, 2.24) is 10.2 Å². The predicted octanol–water partition coefficient (Wildman–Crippen LogP) is 0.997. The van der Waals surface area contributed by atoms with E-state index in [9.17, 15) is 14.4 Å². The molecule has 0 spiro atoms. The van der Waals surface area contributed by atoms with Gasteiger partial charge < -0.3 is 24.4 Å². The predicted molar refractivity (Wildman–Crippen MR) is 98.3 cm³/mol. The molecule has 0 aromatic heterocycles.